The number of benzene rings is 1. The summed E-state index contributed by atoms with van der Waals surface area (Å²) in [5.41, 5.74) is 3.64. The van der Waals surface area contributed by atoms with Gasteiger partial charge in [0.05, 0.1) is 6.54 Å². The quantitative estimate of drug-likeness (QED) is 0.828. The van der Waals surface area contributed by atoms with Gasteiger partial charge in [-0.25, -0.2) is 0 Å². The van der Waals surface area contributed by atoms with Gasteiger partial charge in [-0.3, -0.25) is 4.79 Å². The van der Waals surface area contributed by atoms with E-state index in [-0.39, 0.29) is 5.91 Å². The first kappa shape index (κ1) is 16.5. The standard InChI is InChI=1S/C16H27N3O/c1-6-17-11-14-8-9-15(13(3)10-14)19(7-2)12-16(20)18(4)5/h8-10,17H,6-7,11-12H2,1-5H3. The van der Waals surface area contributed by atoms with Crippen molar-refractivity contribution in [1.82, 2.24) is 10.2 Å². The summed E-state index contributed by atoms with van der Waals surface area (Å²) in [5.74, 6) is 0.128. The number of nitrogens with zero attached hydrogens (tertiary/aromatic N) is 2. The summed E-state index contributed by atoms with van der Waals surface area (Å²) in [6, 6.07) is 6.45. The van der Waals surface area contributed by atoms with Crippen molar-refractivity contribution in [2.24, 2.45) is 0 Å². The van der Waals surface area contributed by atoms with Gasteiger partial charge >= 0.3 is 0 Å². The Hall–Kier alpha value is -1.55. The molecule has 4 heteroatoms. The third-order valence-corrected chi connectivity index (χ3v) is 3.39. The Morgan fingerprint density at radius 1 is 1.25 bits per heavy atom. The van der Waals surface area contributed by atoms with E-state index in [1.54, 1.807) is 19.0 Å². The number of amides is 1. The number of anilines is 1. The van der Waals surface area contributed by atoms with Crippen LogP contribution in [0.3, 0.4) is 0 Å². The topological polar surface area (TPSA) is 35.6 Å². The number of likely N-dealkylation sites (N-methyl/N-ethyl adjacent to an activating group) is 2. The Labute approximate surface area is 122 Å². The molecule has 4 nitrogen and oxygen atoms in total. The lowest BCUT2D eigenvalue weighted by Crippen LogP contribution is -2.36. The van der Waals surface area contributed by atoms with Crippen LogP contribution < -0.4 is 10.2 Å². The largest absolute Gasteiger partial charge is 0.362 e. The van der Waals surface area contributed by atoms with Gasteiger partial charge in [-0.1, -0.05) is 19.1 Å². The van der Waals surface area contributed by atoms with Crippen LogP contribution in [0.15, 0.2) is 18.2 Å². The fraction of sp³-hybridized carbons (Fsp3) is 0.562. The highest BCUT2D eigenvalue weighted by atomic mass is 16.2. The Bertz CT molecular complexity index is 443. The molecule has 0 saturated carbocycles. The number of aryl methyl sites for hydroxylation is 1. The fourth-order valence-corrected chi connectivity index (χ4v) is 2.12. The third-order valence-electron chi connectivity index (χ3n) is 3.39. The van der Waals surface area contributed by atoms with Gasteiger partial charge in [0, 0.05) is 32.9 Å². The molecule has 0 bridgehead atoms. The number of hydrogen-bond acceptors (Lipinski definition) is 3. The Kier molecular flexibility index (Phi) is 6.52. The Morgan fingerprint density at radius 3 is 2.45 bits per heavy atom. The molecular formula is C16H27N3O. The van der Waals surface area contributed by atoms with Crippen LogP contribution in [0.25, 0.3) is 0 Å². The van der Waals surface area contributed by atoms with E-state index in [4.69, 9.17) is 0 Å². The molecule has 0 aromatic heterocycles. The van der Waals surface area contributed by atoms with Crippen LogP contribution in [0.2, 0.25) is 0 Å². The van der Waals surface area contributed by atoms with Gasteiger partial charge < -0.3 is 15.1 Å². The average molecular weight is 277 g/mol. The predicted octanol–water partition coefficient (Wildman–Crippen LogP) is 2.02. The summed E-state index contributed by atoms with van der Waals surface area (Å²) in [6.07, 6.45) is 0. The molecule has 1 aromatic rings. The number of rotatable bonds is 7. The maximum Gasteiger partial charge on any atom is 0.241 e. The van der Waals surface area contributed by atoms with Crippen molar-refractivity contribution in [1.29, 1.82) is 0 Å². The van der Waals surface area contributed by atoms with Crippen molar-refractivity contribution in [3.05, 3.63) is 29.3 Å². The van der Waals surface area contributed by atoms with Crippen LogP contribution >= 0.6 is 0 Å². The van der Waals surface area contributed by atoms with Crippen LogP contribution in [0.1, 0.15) is 25.0 Å². The highest BCUT2D eigenvalue weighted by molar-refractivity contribution is 5.81. The summed E-state index contributed by atoms with van der Waals surface area (Å²) in [6.45, 7) is 9.40. The predicted molar refractivity (Wildman–Crippen MR) is 85.1 cm³/mol. The molecule has 0 fully saturated rings. The molecule has 0 saturated heterocycles. The van der Waals surface area contributed by atoms with Crippen LogP contribution in [-0.2, 0) is 11.3 Å². The SMILES string of the molecule is CCNCc1ccc(N(CC)CC(=O)N(C)C)c(C)c1. The highest BCUT2D eigenvalue weighted by Crippen LogP contribution is 2.21. The van der Waals surface area contributed by atoms with Gasteiger partial charge in [0.1, 0.15) is 0 Å². The lowest BCUT2D eigenvalue weighted by molar-refractivity contribution is -0.127. The van der Waals surface area contributed by atoms with E-state index in [1.807, 2.05) is 0 Å². The first-order valence-corrected chi connectivity index (χ1v) is 7.24. The van der Waals surface area contributed by atoms with Crippen LogP contribution in [0, 0.1) is 6.92 Å². The van der Waals surface area contributed by atoms with E-state index in [0.717, 1.165) is 25.3 Å². The van der Waals surface area contributed by atoms with Gasteiger partial charge in [-0.15, -0.1) is 0 Å². The maximum absolute atomic E-state index is 11.9. The van der Waals surface area contributed by atoms with Crippen molar-refractivity contribution >= 4 is 11.6 Å². The van der Waals surface area contributed by atoms with Gasteiger partial charge in [-0.05, 0) is 37.6 Å². The van der Waals surface area contributed by atoms with Crippen molar-refractivity contribution in [3.8, 4) is 0 Å². The summed E-state index contributed by atoms with van der Waals surface area (Å²) in [5, 5.41) is 3.33. The van der Waals surface area contributed by atoms with Gasteiger partial charge in [0.2, 0.25) is 5.91 Å². The van der Waals surface area contributed by atoms with Crippen molar-refractivity contribution in [2.75, 3.05) is 38.6 Å². The van der Waals surface area contributed by atoms with Gasteiger partial charge in [0.25, 0.3) is 0 Å². The molecule has 0 aliphatic rings. The second kappa shape index (κ2) is 7.90. The zero-order valence-corrected chi connectivity index (χ0v) is 13.4. The summed E-state index contributed by atoms with van der Waals surface area (Å²) < 4.78 is 0. The summed E-state index contributed by atoms with van der Waals surface area (Å²) in [7, 11) is 3.59. The molecular weight excluding hydrogens is 250 g/mol. The molecule has 0 aliphatic carbocycles. The number of carbonyl (C=O) groups is 1. The van der Waals surface area contributed by atoms with E-state index in [0.29, 0.717) is 6.54 Å². The second-order valence-electron chi connectivity index (χ2n) is 5.20. The molecule has 1 N–H and O–H groups in total. The molecule has 0 atom stereocenters. The van der Waals surface area contributed by atoms with E-state index < -0.39 is 0 Å². The fourth-order valence-electron chi connectivity index (χ4n) is 2.12. The Balaban J connectivity index is 2.85. The van der Waals surface area contributed by atoms with Crippen molar-refractivity contribution in [2.45, 2.75) is 27.3 Å². The molecule has 112 valence electrons. The molecule has 0 unspecified atom stereocenters. The average Bonchev–Trinajstić information content (AvgIpc) is 2.42. The third kappa shape index (κ3) is 4.53. The van der Waals surface area contributed by atoms with E-state index >= 15 is 0 Å². The monoisotopic (exact) mass is 277 g/mol. The van der Waals surface area contributed by atoms with E-state index in [9.17, 15) is 4.79 Å². The first-order valence-electron chi connectivity index (χ1n) is 7.24. The molecule has 0 radical (unpaired) electrons. The molecule has 1 rings (SSSR count). The molecule has 0 aliphatic heterocycles. The zero-order chi connectivity index (χ0) is 15.1. The van der Waals surface area contributed by atoms with Crippen molar-refractivity contribution in [3.63, 3.8) is 0 Å². The minimum Gasteiger partial charge on any atom is -0.362 e. The molecule has 20 heavy (non-hydrogen) atoms. The van der Waals surface area contributed by atoms with Crippen LogP contribution in [-0.4, -0.2) is 44.5 Å². The number of hydrogen-bond donors (Lipinski definition) is 1. The van der Waals surface area contributed by atoms with Crippen LogP contribution in [0.5, 0.6) is 0 Å². The molecule has 0 spiro atoms. The van der Waals surface area contributed by atoms with E-state index in [2.05, 4.69) is 49.2 Å². The van der Waals surface area contributed by atoms with Gasteiger partial charge in [-0.2, -0.15) is 0 Å². The van der Waals surface area contributed by atoms with Gasteiger partial charge in [0.15, 0.2) is 0 Å². The smallest absolute Gasteiger partial charge is 0.241 e. The molecule has 0 heterocycles. The van der Waals surface area contributed by atoms with Crippen LogP contribution in [0.4, 0.5) is 5.69 Å². The Morgan fingerprint density at radius 2 is 1.95 bits per heavy atom. The normalized spacial score (nSPS) is 10.4. The highest BCUT2D eigenvalue weighted by Gasteiger charge is 2.13. The zero-order valence-electron chi connectivity index (χ0n) is 13.4. The lowest BCUT2D eigenvalue weighted by Gasteiger charge is -2.26. The molecule has 1 aromatic carbocycles. The maximum atomic E-state index is 11.9. The summed E-state index contributed by atoms with van der Waals surface area (Å²) >= 11 is 0. The minimum atomic E-state index is 0.128. The van der Waals surface area contributed by atoms with Crippen molar-refractivity contribution < 1.29 is 4.79 Å². The van der Waals surface area contributed by atoms with E-state index in [1.165, 1.54) is 11.1 Å². The summed E-state index contributed by atoms with van der Waals surface area (Å²) in [4.78, 5) is 15.6. The molecule has 1 amide bonds. The lowest BCUT2D eigenvalue weighted by atomic mass is 10.1. The second-order valence-corrected chi connectivity index (χ2v) is 5.20. The minimum absolute atomic E-state index is 0.128. The number of nitrogens with one attached hydrogen (secondary N) is 1. The first-order chi connectivity index (χ1) is 9.49. The number of carbonyl (C=O) groups excluding carboxylic acids is 1.